The van der Waals surface area contributed by atoms with Gasteiger partial charge in [0.25, 0.3) is 0 Å². The normalized spacial score (nSPS) is 20.7. The van der Waals surface area contributed by atoms with Crippen LogP contribution in [-0.4, -0.2) is 49.4 Å². The molecule has 1 fully saturated rings. The number of pyridine rings is 1. The van der Waals surface area contributed by atoms with Crippen molar-refractivity contribution in [3.63, 3.8) is 0 Å². The quantitative estimate of drug-likeness (QED) is 0.738. The first-order chi connectivity index (χ1) is 12.3. The van der Waals surface area contributed by atoms with E-state index >= 15 is 0 Å². The van der Waals surface area contributed by atoms with E-state index in [9.17, 15) is 0 Å². The maximum atomic E-state index is 5.93. The summed E-state index contributed by atoms with van der Waals surface area (Å²) in [4.78, 5) is 6.54. The lowest BCUT2D eigenvalue weighted by Gasteiger charge is -2.24. The number of benzene rings is 1. The van der Waals surface area contributed by atoms with Crippen LogP contribution in [0.25, 0.3) is 0 Å². The molecule has 0 spiro atoms. The predicted octanol–water partition coefficient (Wildman–Crippen LogP) is 2.90. The van der Waals surface area contributed by atoms with E-state index in [4.69, 9.17) is 14.2 Å². The zero-order valence-corrected chi connectivity index (χ0v) is 14.9. The molecule has 5 heteroatoms. The third-order valence-electron chi connectivity index (χ3n) is 4.62. The third kappa shape index (κ3) is 5.01. The molecule has 0 aliphatic carbocycles. The summed E-state index contributed by atoms with van der Waals surface area (Å²) in [5.41, 5.74) is 2.49. The van der Waals surface area contributed by atoms with Crippen LogP contribution in [0.1, 0.15) is 17.5 Å². The topological polar surface area (TPSA) is 43.8 Å². The highest BCUT2D eigenvalue weighted by atomic mass is 16.5. The van der Waals surface area contributed by atoms with E-state index in [-0.39, 0.29) is 6.10 Å². The molecule has 0 N–H and O–H groups in total. The highest BCUT2D eigenvalue weighted by Gasteiger charge is 2.32. The van der Waals surface area contributed by atoms with Crippen LogP contribution in [0.5, 0.6) is 5.75 Å². The van der Waals surface area contributed by atoms with Gasteiger partial charge < -0.3 is 14.2 Å². The summed E-state index contributed by atoms with van der Waals surface area (Å²) in [5, 5.41) is 0. The minimum absolute atomic E-state index is 0.260. The van der Waals surface area contributed by atoms with Gasteiger partial charge in [-0.25, -0.2) is 0 Å². The van der Waals surface area contributed by atoms with E-state index in [0.29, 0.717) is 19.3 Å². The molecule has 1 saturated heterocycles. The molecule has 0 unspecified atom stereocenters. The van der Waals surface area contributed by atoms with Gasteiger partial charge in [0, 0.05) is 39.5 Å². The fraction of sp³-hybridized carbons (Fsp3) is 0.450. The largest absolute Gasteiger partial charge is 0.490 e. The lowest BCUT2D eigenvalue weighted by molar-refractivity contribution is 0.107. The number of nitrogens with zero attached hydrogens (tertiary/aromatic N) is 2. The van der Waals surface area contributed by atoms with Crippen molar-refractivity contribution in [2.75, 3.05) is 27.4 Å². The first-order valence-corrected chi connectivity index (χ1v) is 8.65. The van der Waals surface area contributed by atoms with E-state index in [2.05, 4.69) is 34.1 Å². The zero-order chi connectivity index (χ0) is 17.5. The standard InChI is InChI=1S/C20H26N2O3/c1-23-14-17-7-5-16(6-8-17)12-22-13-20(24-2)10-18(22)15-25-19-4-3-9-21-11-19/h3-9,11,18,20H,10,12-15H2,1-2H3/t18-,20+/m0/s1. The Balaban J connectivity index is 1.60. The fourth-order valence-corrected chi connectivity index (χ4v) is 3.24. The molecule has 2 atom stereocenters. The Morgan fingerprint density at radius 2 is 1.92 bits per heavy atom. The minimum Gasteiger partial charge on any atom is -0.490 e. The first kappa shape index (κ1) is 17.9. The van der Waals surface area contributed by atoms with Gasteiger partial charge in [-0.05, 0) is 29.7 Å². The molecule has 1 aromatic carbocycles. The SMILES string of the molecule is COCc1ccc(CN2C[C@H](OC)C[C@H]2COc2cccnc2)cc1. The van der Waals surface area contributed by atoms with Crippen LogP contribution < -0.4 is 4.74 Å². The van der Waals surface area contributed by atoms with Crippen molar-refractivity contribution < 1.29 is 14.2 Å². The lowest BCUT2D eigenvalue weighted by Crippen LogP contribution is -2.33. The summed E-state index contributed by atoms with van der Waals surface area (Å²) >= 11 is 0. The van der Waals surface area contributed by atoms with Crippen molar-refractivity contribution in [3.05, 3.63) is 59.9 Å². The predicted molar refractivity (Wildman–Crippen MR) is 96.5 cm³/mol. The Morgan fingerprint density at radius 1 is 1.12 bits per heavy atom. The molecule has 1 aromatic heterocycles. The molecule has 134 valence electrons. The van der Waals surface area contributed by atoms with Gasteiger partial charge in [0.2, 0.25) is 0 Å². The van der Waals surface area contributed by atoms with Crippen LogP contribution in [0.2, 0.25) is 0 Å². The van der Waals surface area contributed by atoms with Gasteiger partial charge >= 0.3 is 0 Å². The Kier molecular flexibility index (Phi) is 6.39. The average Bonchev–Trinajstić information content (AvgIpc) is 3.05. The Bertz CT molecular complexity index is 633. The van der Waals surface area contributed by atoms with Gasteiger partial charge in [0.1, 0.15) is 12.4 Å². The lowest BCUT2D eigenvalue weighted by atomic mass is 10.1. The van der Waals surface area contributed by atoms with E-state index < -0.39 is 0 Å². The number of likely N-dealkylation sites (tertiary alicyclic amines) is 1. The third-order valence-corrected chi connectivity index (χ3v) is 4.62. The molecule has 1 aliphatic rings. The maximum absolute atomic E-state index is 5.93. The molecule has 3 rings (SSSR count). The second-order valence-corrected chi connectivity index (χ2v) is 6.43. The highest BCUT2D eigenvalue weighted by molar-refractivity contribution is 5.22. The van der Waals surface area contributed by atoms with Gasteiger partial charge in [-0.1, -0.05) is 24.3 Å². The number of ether oxygens (including phenoxy) is 3. The number of aromatic nitrogens is 1. The maximum Gasteiger partial charge on any atom is 0.137 e. The number of hydrogen-bond acceptors (Lipinski definition) is 5. The zero-order valence-electron chi connectivity index (χ0n) is 14.9. The van der Waals surface area contributed by atoms with Crippen molar-refractivity contribution in [3.8, 4) is 5.75 Å². The number of hydrogen-bond donors (Lipinski definition) is 0. The van der Waals surface area contributed by atoms with Crippen molar-refractivity contribution in [1.29, 1.82) is 0 Å². The molecule has 0 bridgehead atoms. The van der Waals surface area contributed by atoms with Crippen molar-refractivity contribution >= 4 is 0 Å². The second kappa shape index (κ2) is 8.94. The van der Waals surface area contributed by atoms with E-state index in [0.717, 1.165) is 25.3 Å². The highest BCUT2D eigenvalue weighted by Crippen LogP contribution is 2.23. The first-order valence-electron chi connectivity index (χ1n) is 8.65. The molecule has 0 saturated carbocycles. The summed E-state index contributed by atoms with van der Waals surface area (Å²) in [6.07, 6.45) is 4.75. The van der Waals surface area contributed by atoms with Crippen LogP contribution in [-0.2, 0) is 22.6 Å². The number of rotatable bonds is 8. The van der Waals surface area contributed by atoms with Gasteiger partial charge in [0.15, 0.2) is 0 Å². The van der Waals surface area contributed by atoms with Gasteiger partial charge in [-0.15, -0.1) is 0 Å². The van der Waals surface area contributed by atoms with Crippen LogP contribution in [0.3, 0.4) is 0 Å². The van der Waals surface area contributed by atoms with Crippen LogP contribution in [0.4, 0.5) is 0 Å². The minimum atomic E-state index is 0.260. The summed E-state index contributed by atoms with van der Waals surface area (Å²) < 4.78 is 16.7. The molecule has 5 nitrogen and oxygen atoms in total. The van der Waals surface area contributed by atoms with E-state index in [1.807, 2.05) is 12.1 Å². The Labute approximate surface area is 149 Å². The van der Waals surface area contributed by atoms with Crippen molar-refractivity contribution in [2.24, 2.45) is 0 Å². The van der Waals surface area contributed by atoms with Crippen molar-refractivity contribution in [2.45, 2.75) is 31.7 Å². The summed E-state index contributed by atoms with van der Waals surface area (Å²) in [7, 11) is 3.50. The molecule has 2 aromatic rings. The van der Waals surface area contributed by atoms with Gasteiger partial charge in [-0.3, -0.25) is 9.88 Å². The summed E-state index contributed by atoms with van der Waals surface area (Å²) in [6.45, 7) is 3.12. The Morgan fingerprint density at radius 3 is 2.60 bits per heavy atom. The summed E-state index contributed by atoms with van der Waals surface area (Å²) in [5.74, 6) is 0.812. The van der Waals surface area contributed by atoms with Crippen LogP contribution in [0, 0.1) is 0 Å². The molecule has 2 heterocycles. The van der Waals surface area contributed by atoms with Gasteiger partial charge in [0.05, 0.1) is 18.9 Å². The molecular formula is C20H26N2O3. The molecule has 0 amide bonds. The molecule has 0 radical (unpaired) electrons. The molecule has 1 aliphatic heterocycles. The molecule has 25 heavy (non-hydrogen) atoms. The fourth-order valence-electron chi connectivity index (χ4n) is 3.24. The van der Waals surface area contributed by atoms with Gasteiger partial charge in [-0.2, -0.15) is 0 Å². The Hall–Kier alpha value is -1.95. The monoisotopic (exact) mass is 342 g/mol. The van der Waals surface area contributed by atoms with E-state index in [1.165, 1.54) is 11.1 Å². The van der Waals surface area contributed by atoms with E-state index in [1.54, 1.807) is 26.6 Å². The number of methoxy groups -OCH3 is 2. The summed E-state index contributed by atoms with van der Waals surface area (Å²) in [6, 6.07) is 12.8. The average molecular weight is 342 g/mol. The second-order valence-electron chi connectivity index (χ2n) is 6.43. The van der Waals surface area contributed by atoms with Crippen molar-refractivity contribution in [1.82, 2.24) is 9.88 Å². The molecular weight excluding hydrogens is 316 g/mol. The van der Waals surface area contributed by atoms with Crippen LogP contribution >= 0.6 is 0 Å². The smallest absolute Gasteiger partial charge is 0.137 e. The van der Waals surface area contributed by atoms with Crippen LogP contribution in [0.15, 0.2) is 48.8 Å².